The SMILES string of the molecule is O=C(CC1CCCc2ccccc21)NCc1ccc(-n2ccnc2)nc1. The summed E-state index contributed by atoms with van der Waals surface area (Å²) in [7, 11) is 0. The van der Waals surface area contributed by atoms with Gasteiger partial charge in [0.2, 0.25) is 5.91 Å². The summed E-state index contributed by atoms with van der Waals surface area (Å²) in [5.41, 5.74) is 3.74. The van der Waals surface area contributed by atoms with Gasteiger partial charge in [-0.25, -0.2) is 9.97 Å². The third kappa shape index (κ3) is 3.67. The molecule has 26 heavy (non-hydrogen) atoms. The van der Waals surface area contributed by atoms with E-state index in [0.29, 0.717) is 18.9 Å². The van der Waals surface area contributed by atoms with E-state index >= 15 is 0 Å². The monoisotopic (exact) mass is 346 g/mol. The Bertz CT molecular complexity index is 871. The number of carbonyl (C=O) groups excluding carboxylic acids is 1. The number of hydrogen-bond acceptors (Lipinski definition) is 3. The van der Waals surface area contributed by atoms with Crippen LogP contribution < -0.4 is 5.32 Å². The zero-order valence-corrected chi connectivity index (χ0v) is 14.6. The maximum atomic E-state index is 12.4. The molecular weight excluding hydrogens is 324 g/mol. The molecule has 5 nitrogen and oxygen atoms in total. The van der Waals surface area contributed by atoms with Crippen LogP contribution in [0.25, 0.3) is 5.82 Å². The normalized spacial score (nSPS) is 16.1. The van der Waals surface area contributed by atoms with Crippen LogP contribution in [-0.2, 0) is 17.8 Å². The molecule has 132 valence electrons. The second-order valence-corrected chi connectivity index (χ2v) is 6.76. The molecule has 2 aromatic heterocycles. The minimum atomic E-state index is 0.102. The van der Waals surface area contributed by atoms with Crippen LogP contribution in [0.5, 0.6) is 0 Å². The van der Waals surface area contributed by atoms with Crippen LogP contribution in [0, 0.1) is 0 Å². The molecule has 5 heteroatoms. The third-order valence-corrected chi connectivity index (χ3v) is 4.99. The van der Waals surface area contributed by atoms with Crippen molar-refractivity contribution < 1.29 is 4.79 Å². The van der Waals surface area contributed by atoms with Crippen molar-refractivity contribution in [2.45, 2.75) is 38.1 Å². The average Bonchev–Trinajstić information content (AvgIpc) is 3.22. The zero-order chi connectivity index (χ0) is 17.8. The Morgan fingerprint density at radius 3 is 2.96 bits per heavy atom. The topological polar surface area (TPSA) is 59.8 Å². The predicted octanol–water partition coefficient (Wildman–Crippen LogP) is 3.39. The molecule has 0 aliphatic heterocycles. The second-order valence-electron chi connectivity index (χ2n) is 6.76. The van der Waals surface area contributed by atoms with E-state index in [1.807, 2.05) is 22.9 Å². The number of amides is 1. The number of hydrogen-bond donors (Lipinski definition) is 1. The van der Waals surface area contributed by atoms with Crippen molar-refractivity contribution in [3.05, 3.63) is 78.0 Å². The molecule has 1 atom stereocenters. The molecule has 0 fully saturated rings. The number of aromatic nitrogens is 3. The Balaban J connectivity index is 1.33. The molecule has 0 radical (unpaired) electrons. The number of aryl methyl sites for hydroxylation is 1. The summed E-state index contributed by atoms with van der Waals surface area (Å²) in [4.78, 5) is 20.8. The first-order valence-corrected chi connectivity index (χ1v) is 9.07. The highest BCUT2D eigenvalue weighted by Crippen LogP contribution is 2.33. The van der Waals surface area contributed by atoms with Gasteiger partial charge < -0.3 is 5.32 Å². The first-order valence-electron chi connectivity index (χ1n) is 9.07. The molecule has 0 bridgehead atoms. The maximum absolute atomic E-state index is 12.4. The van der Waals surface area contributed by atoms with Crippen LogP contribution in [-0.4, -0.2) is 20.4 Å². The van der Waals surface area contributed by atoms with Crippen LogP contribution in [0.3, 0.4) is 0 Å². The molecule has 1 aliphatic carbocycles. The van der Waals surface area contributed by atoms with E-state index in [1.54, 1.807) is 18.7 Å². The molecule has 1 amide bonds. The maximum Gasteiger partial charge on any atom is 0.220 e. The standard InChI is InChI=1S/C21H22N4O/c26-21(12-18-6-3-5-17-4-1-2-7-19(17)18)24-14-16-8-9-20(23-13-16)25-11-10-22-15-25/h1-2,4,7-11,13,15,18H,3,5-6,12,14H2,(H,24,26). The number of benzene rings is 1. The summed E-state index contributed by atoms with van der Waals surface area (Å²) in [6, 6.07) is 12.4. The van der Waals surface area contributed by atoms with Crippen molar-refractivity contribution in [1.82, 2.24) is 19.9 Å². The summed E-state index contributed by atoms with van der Waals surface area (Å²) in [6.45, 7) is 0.504. The average molecular weight is 346 g/mol. The van der Waals surface area contributed by atoms with E-state index in [4.69, 9.17) is 0 Å². The van der Waals surface area contributed by atoms with Gasteiger partial charge >= 0.3 is 0 Å². The number of nitrogens with one attached hydrogen (secondary N) is 1. The van der Waals surface area contributed by atoms with Crippen LogP contribution in [0.2, 0.25) is 0 Å². The second kappa shape index (κ2) is 7.52. The highest BCUT2D eigenvalue weighted by Gasteiger charge is 2.22. The van der Waals surface area contributed by atoms with Crippen molar-refractivity contribution >= 4 is 5.91 Å². The lowest BCUT2D eigenvalue weighted by Crippen LogP contribution is -2.25. The Morgan fingerprint density at radius 1 is 1.23 bits per heavy atom. The molecule has 4 rings (SSSR count). The molecule has 1 aromatic carbocycles. The van der Waals surface area contributed by atoms with Gasteiger partial charge in [0.25, 0.3) is 0 Å². The predicted molar refractivity (Wildman–Crippen MR) is 99.9 cm³/mol. The number of fused-ring (bicyclic) bond motifs is 1. The molecule has 1 unspecified atom stereocenters. The van der Waals surface area contributed by atoms with Crippen molar-refractivity contribution in [1.29, 1.82) is 0 Å². The molecular formula is C21H22N4O. The molecule has 3 aromatic rings. The van der Waals surface area contributed by atoms with Gasteiger partial charge in [-0.3, -0.25) is 9.36 Å². The van der Waals surface area contributed by atoms with Crippen LogP contribution in [0.4, 0.5) is 0 Å². The Labute approximate surface area is 153 Å². The first kappa shape index (κ1) is 16.5. The van der Waals surface area contributed by atoms with Gasteiger partial charge in [-0.2, -0.15) is 0 Å². The summed E-state index contributed by atoms with van der Waals surface area (Å²) >= 11 is 0. The first-order chi connectivity index (χ1) is 12.8. The molecule has 1 aliphatic rings. The largest absolute Gasteiger partial charge is 0.352 e. The molecule has 1 N–H and O–H groups in total. The highest BCUT2D eigenvalue weighted by molar-refractivity contribution is 5.77. The van der Waals surface area contributed by atoms with E-state index in [0.717, 1.165) is 30.6 Å². The lowest BCUT2D eigenvalue weighted by Gasteiger charge is -2.25. The van der Waals surface area contributed by atoms with Crippen LogP contribution in [0.1, 0.15) is 41.9 Å². The number of rotatable bonds is 5. The minimum Gasteiger partial charge on any atom is -0.352 e. The highest BCUT2D eigenvalue weighted by atomic mass is 16.1. The fourth-order valence-corrected chi connectivity index (χ4v) is 3.63. The molecule has 0 saturated carbocycles. The van der Waals surface area contributed by atoms with Gasteiger partial charge in [-0.15, -0.1) is 0 Å². The van der Waals surface area contributed by atoms with Crippen molar-refractivity contribution in [2.24, 2.45) is 0 Å². The lowest BCUT2D eigenvalue weighted by atomic mass is 9.81. The van der Waals surface area contributed by atoms with Gasteiger partial charge in [0.1, 0.15) is 12.1 Å². The van der Waals surface area contributed by atoms with Crippen molar-refractivity contribution in [3.63, 3.8) is 0 Å². The van der Waals surface area contributed by atoms with E-state index < -0.39 is 0 Å². The number of carbonyl (C=O) groups is 1. The van der Waals surface area contributed by atoms with Gasteiger partial charge in [-0.05, 0) is 47.9 Å². The smallest absolute Gasteiger partial charge is 0.220 e. The van der Waals surface area contributed by atoms with E-state index in [2.05, 4.69) is 39.6 Å². The lowest BCUT2D eigenvalue weighted by molar-refractivity contribution is -0.121. The third-order valence-electron chi connectivity index (χ3n) is 4.99. The van der Waals surface area contributed by atoms with E-state index in [9.17, 15) is 4.79 Å². The quantitative estimate of drug-likeness (QED) is 0.770. The number of pyridine rings is 1. The van der Waals surface area contributed by atoms with Gasteiger partial charge in [-0.1, -0.05) is 30.3 Å². The fourth-order valence-electron chi connectivity index (χ4n) is 3.63. The molecule has 0 spiro atoms. The van der Waals surface area contributed by atoms with Gasteiger partial charge in [0.15, 0.2) is 0 Å². The zero-order valence-electron chi connectivity index (χ0n) is 14.6. The summed E-state index contributed by atoms with van der Waals surface area (Å²) in [5.74, 6) is 1.25. The van der Waals surface area contributed by atoms with Crippen molar-refractivity contribution in [2.75, 3.05) is 0 Å². The van der Waals surface area contributed by atoms with E-state index in [-0.39, 0.29) is 5.91 Å². The fraction of sp³-hybridized carbons (Fsp3) is 0.286. The van der Waals surface area contributed by atoms with Crippen LogP contribution in [0.15, 0.2) is 61.3 Å². The van der Waals surface area contributed by atoms with Crippen LogP contribution >= 0.6 is 0 Å². The Morgan fingerprint density at radius 2 is 2.15 bits per heavy atom. The van der Waals surface area contributed by atoms with Gasteiger partial charge in [0.05, 0.1) is 0 Å². The molecule has 2 heterocycles. The van der Waals surface area contributed by atoms with E-state index in [1.165, 1.54) is 11.1 Å². The number of nitrogens with zero attached hydrogens (tertiary/aromatic N) is 3. The van der Waals surface area contributed by atoms with Gasteiger partial charge in [0, 0.05) is 31.6 Å². The summed E-state index contributed by atoms with van der Waals surface area (Å²) < 4.78 is 1.85. The summed E-state index contributed by atoms with van der Waals surface area (Å²) in [5, 5.41) is 3.03. The number of imidazole rings is 1. The Hall–Kier alpha value is -2.95. The Kier molecular flexibility index (Phi) is 4.78. The minimum absolute atomic E-state index is 0.102. The van der Waals surface area contributed by atoms with Crippen molar-refractivity contribution in [3.8, 4) is 5.82 Å². The summed E-state index contributed by atoms with van der Waals surface area (Å²) in [6.07, 6.45) is 11.0. The molecule has 0 saturated heterocycles.